The molecule has 146 valence electrons. The van der Waals surface area contributed by atoms with Crippen molar-refractivity contribution in [2.24, 2.45) is 0 Å². The number of para-hydroxylation sites is 1. The van der Waals surface area contributed by atoms with Gasteiger partial charge in [-0.05, 0) is 30.2 Å². The molecule has 0 saturated heterocycles. The van der Waals surface area contributed by atoms with Crippen LogP contribution >= 0.6 is 0 Å². The van der Waals surface area contributed by atoms with Crippen molar-refractivity contribution in [3.05, 3.63) is 119 Å². The number of carbonyl (C=O) groups is 1. The summed E-state index contributed by atoms with van der Waals surface area (Å²) in [5, 5.41) is 20.8. The Kier molecular flexibility index (Phi) is 5.19. The first-order valence-electron chi connectivity index (χ1n) is 9.67. The SMILES string of the molecule is C/C(O)=C1/C(=O)N(c2ccccc2)C(c2ccccc2)=C(C#N)C1c1ccccc1. The van der Waals surface area contributed by atoms with E-state index in [1.165, 1.54) is 11.8 Å². The van der Waals surface area contributed by atoms with Crippen LogP contribution in [0.25, 0.3) is 5.70 Å². The van der Waals surface area contributed by atoms with Crippen molar-refractivity contribution in [2.75, 3.05) is 4.90 Å². The van der Waals surface area contributed by atoms with E-state index in [9.17, 15) is 15.2 Å². The van der Waals surface area contributed by atoms with Gasteiger partial charge in [-0.25, -0.2) is 0 Å². The Morgan fingerprint density at radius 1 is 0.900 bits per heavy atom. The third-order valence-electron chi connectivity index (χ3n) is 5.19. The molecule has 0 spiro atoms. The molecule has 1 heterocycles. The number of aliphatic hydroxyl groups is 1. The molecule has 0 aliphatic carbocycles. The van der Waals surface area contributed by atoms with Gasteiger partial charge in [-0.15, -0.1) is 0 Å². The molecular formula is C26H20N2O2. The summed E-state index contributed by atoms with van der Waals surface area (Å²) < 4.78 is 0. The maximum absolute atomic E-state index is 13.8. The zero-order chi connectivity index (χ0) is 21.1. The van der Waals surface area contributed by atoms with E-state index in [0.717, 1.165) is 11.1 Å². The standard InChI is InChI=1S/C26H20N2O2/c1-18(29)23-24(19-11-5-2-6-12-19)22(17-27)25(20-13-7-3-8-14-20)28(26(23)30)21-15-9-4-10-16-21/h2-16,24,29H,1H3/b23-18-. The maximum atomic E-state index is 13.8. The second-order valence-corrected chi connectivity index (χ2v) is 7.06. The van der Waals surface area contributed by atoms with Crippen molar-refractivity contribution in [3.8, 4) is 6.07 Å². The highest BCUT2D eigenvalue weighted by molar-refractivity contribution is 6.18. The highest BCUT2D eigenvalue weighted by Gasteiger charge is 2.41. The van der Waals surface area contributed by atoms with E-state index >= 15 is 0 Å². The van der Waals surface area contributed by atoms with E-state index in [4.69, 9.17) is 0 Å². The minimum atomic E-state index is -0.649. The van der Waals surface area contributed by atoms with E-state index in [1.54, 1.807) is 0 Å². The van der Waals surface area contributed by atoms with Gasteiger partial charge in [-0.1, -0.05) is 78.9 Å². The lowest BCUT2D eigenvalue weighted by Gasteiger charge is -2.36. The molecule has 3 aromatic carbocycles. The van der Waals surface area contributed by atoms with Crippen molar-refractivity contribution in [1.82, 2.24) is 0 Å². The zero-order valence-corrected chi connectivity index (χ0v) is 16.5. The quantitative estimate of drug-likeness (QED) is 0.467. The van der Waals surface area contributed by atoms with Crippen LogP contribution in [0.3, 0.4) is 0 Å². The number of rotatable bonds is 3. The summed E-state index contributed by atoms with van der Waals surface area (Å²) in [6.45, 7) is 1.49. The van der Waals surface area contributed by atoms with Gasteiger partial charge in [0.1, 0.15) is 0 Å². The van der Waals surface area contributed by atoms with Gasteiger partial charge < -0.3 is 5.11 Å². The van der Waals surface area contributed by atoms with Gasteiger partial charge in [0, 0.05) is 5.69 Å². The number of amides is 1. The van der Waals surface area contributed by atoms with Crippen LogP contribution in [0.1, 0.15) is 24.0 Å². The number of carbonyl (C=O) groups excluding carboxylic acids is 1. The normalized spacial score (nSPS) is 18.2. The molecule has 1 unspecified atom stereocenters. The minimum Gasteiger partial charge on any atom is -0.512 e. The fourth-order valence-electron chi connectivity index (χ4n) is 3.91. The molecule has 1 aliphatic heterocycles. The molecule has 1 N–H and O–H groups in total. The molecule has 0 saturated carbocycles. The molecule has 4 nitrogen and oxygen atoms in total. The Morgan fingerprint density at radius 3 is 1.97 bits per heavy atom. The van der Waals surface area contributed by atoms with Crippen LogP contribution in [-0.2, 0) is 4.79 Å². The monoisotopic (exact) mass is 392 g/mol. The summed E-state index contributed by atoms with van der Waals surface area (Å²) in [6.07, 6.45) is 0. The summed E-state index contributed by atoms with van der Waals surface area (Å²) in [5.41, 5.74) is 3.35. The Bertz CT molecular complexity index is 1170. The number of hydrogen-bond acceptors (Lipinski definition) is 3. The topological polar surface area (TPSA) is 64.3 Å². The number of nitriles is 1. The second-order valence-electron chi connectivity index (χ2n) is 7.06. The summed E-state index contributed by atoms with van der Waals surface area (Å²) in [7, 11) is 0. The van der Waals surface area contributed by atoms with Crippen molar-refractivity contribution < 1.29 is 9.90 Å². The Hall–Kier alpha value is -4.10. The highest BCUT2D eigenvalue weighted by Crippen LogP contribution is 2.45. The van der Waals surface area contributed by atoms with E-state index in [0.29, 0.717) is 17.0 Å². The molecular weight excluding hydrogens is 372 g/mol. The number of aliphatic hydroxyl groups excluding tert-OH is 1. The van der Waals surface area contributed by atoms with Crippen LogP contribution in [0.15, 0.2) is 108 Å². The minimum absolute atomic E-state index is 0.0883. The lowest BCUT2D eigenvalue weighted by molar-refractivity contribution is -0.115. The number of nitrogens with zero attached hydrogens (tertiary/aromatic N) is 2. The molecule has 0 bridgehead atoms. The largest absolute Gasteiger partial charge is 0.512 e. The fourth-order valence-corrected chi connectivity index (χ4v) is 3.91. The summed E-state index contributed by atoms with van der Waals surface area (Å²) in [6, 6.07) is 30.3. The van der Waals surface area contributed by atoms with Gasteiger partial charge in [-0.2, -0.15) is 5.26 Å². The molecule has 3 aromatic rings. The van der Waals surface area contributed by atoms with Gasteiger partial charge >= 0.3 is 0 Å². The van der Waals surface area contributed by atoms with Crippen molar-refractivity contribution in [3.63, 3.8) is 0 Å². The van der Waals surface area contributed by atoms with E-state index < -0.39 is 5.92 Å². The van der Waals surface area contributed by atoms with Gasteiger partial charge in [0.15, 0.2) is 0 Å². The molecule has 4 rings (SSSR count). The number of benzene rings is 3. The molecule has 0 radical (unpaired) electrons. The molecule has 0 fully saturated rings. The first-order valence-corrected chi connectivity index (χ1v) is 9.67. The summed E-state index contributed by atoms with van der Waals surface area (Å²) in [5.74, 6) is -1.08. The average Bonchev–Trinajstić information content (AvgIpc) is 2.79. The Labute approximate surface area is 175 Å². The van der Waals surface area contributed by atoms with Crippen LogP contribution in [0.5, 0.6) is 0 Å². The van der Waals surface area contributed by atoms with Crippen LogP contribution in [0.2, 0.25) is 0 Å². The number of hydrogen-bond donors (Lipinski definition) is 1. The fraction of sp³-hybridized carbons (Fsp3) is 0.0769. The summed E-state index contributed by atoms with van der Waals surface area (Å²) in [4.78, 5) is 15.3. The van der Waals surface area contributed by atoms with Crippen LogP contribution in [-0.4, -0.2) is 11.0 Å². The van der Waals surface area contributed by atoms with Gasteiger partial charge in [0.25, 0.3) is 5.91 Å². The third kappa shape index (κ3) is 3.27. The zero-order valence-electron chi connectivity index (χ0n) is 16.5. The first-order chi connectivity index (χ1) is 14.6. The Morgan fingerprint density at radius 2 is 1.43 bits per heavy atom. The van der Waals surface area contributed by atoms with E-state index in [1.807, 2.05) is 91.0 Å². The molecule has 0 aromatic heterocycles. The lowest BCUT2D eigenvalue weighted by Crippen LogP contribution is -2.39. The summed E-state index contributed by atoms with van der Waals surface area (Å²) >= 11 is 0. The van der Waals surface area contributed by atoms with Crippen molar-refractivity contribution >= 4 is 17.3 Å². The molecule has 4 heteroatoms. The third-order valence-corrected chi connectivity index (χ3v) is 5.19. The van der Waals surface area contributed by atoms with Gasteiger partial charge in [0.2, 0.25) is 0 Å². The van der Waals surface area contributed by atoms with Crippen molar-refractivity contribution in [2.45, 2.75) is 12.8 Å². The number of anilines is 1. The lowest BCUT2D eigenvalue weighted by atomic mass is 9.78. The van der Waals surface area contributed by atoms with Gasteiger partial charge in [-0.3, -0.25) is 9.69 Å². The van der Waals surface area contributed by atoms with Crippen molar-refractivity contribution in [1.29, 1.82) is 5.26 Å². The molecule has 1 aliphatic rings. The Balaban J connectivity index is 2.09. The van der Waals surface area contributed by atoms with Gasteiger partial charge in [0.05, 0.1) is 34.6 Å². The second kappa shape index (κ2) is 8.10. The molecule has 1 atom stereocenters. The van der Waals surface area contributed by atoms with Crippen LogP contribution in [0, 0.1) is 11.3 Å². The smallest absolute Gasteiger partial charge is 0.263 e. The van der Waals surface area contributed by atoms with Crippen LogP contribution < -0.4 is 4.90 Å². The maximum Gasteiger partial charge on any atom is 0.263 e. The predicted octanol–water partition coefficient (Wildman–Crippen LogP) is 5.58. The average molecular weight is 392 g/mol. The molecule has 30 heavy (non-hydrogen) atoms. The van der Waals surface area contributed by atoms with E-state index in [-0.39, 0.29) is 17.2 Å². The predicted molar refractivity (Wildman–Crippen MR) is 117 cm³/mol. The van der Waals surface area contributed by atoms with Crippen LogP contribution in [0.4, 0.5) is 5.69 Å². The van der Waals surface area contributed by atoms with E-state index in [2.05, 4.69) is 6.07 Å². The first kappa shape index (κ1) is 19.2. The molecule has 1 amide bonds. The number of allylic oxidation sites excluding steroid dienone is 2. The highest BCUT2D eigenvalue weighted by atomic mass is 16.3.